The monoisotopic (exact) mass is 210 g/mol. The van der Waals surface area contributed by atoms with Gasteiger partial charge in [0.05, 0.1) is 11.8 Å². The standard InChI is InChI=1S/C11H18N2O2/c1-3-5-10(14)11(15)9-7-12-13(8-9)6-4-2/h7-8,10,14H,3-6H2,1-2H3. The van der Waals surface area contributed by atoms with Gasteiger partial charge in [0.15, 0.2) is 5.78 Å². The Morgan fingerprint density at radius 1 is 1.53 bits per heavy atom. The third kappa shape index (κ3) is 3.16. The first-order chi connectivity index (χ1) is 7.19. The minimum absolute atomic E-state index is 0.223. The van der Waals surface area contributed by atoms with Crippen LogP contribution < -0.4 is 0 Å². The minimum Gasteiger partial charge on any atom is -0.385 e. The van der Waals surface area contributed by atoms with E-state index in [1.807, 2.05) is 6.92 Å². The molecule has 1 rings (SSSR count). The first-order valence-electron chi connectivity index (χ1n) is 5.43. The zero-order valence-corrected chi connectivity index (χ0v) is 9.31. The van der Waals surface area contributed by atoms with Crippen molar-refractivity contribution in [3.63, 3.8) is 0 Å². The van der Waals surface area contributed by atoms with E-state index in [1.54, 1.807) is 10.9 Å². The van der Waals surface area contributed by atoms with E-state index in [0.717, 1.165) is 19.4 Å². The summed E-state index contributed by atoms with van der Waals surface area (Å²) in [5.74, 6) is -0.223. The maximum atomic E-state index is 11.6. The van der Waals surface area contributed by atoms with Gasteiger partial charge in [-0.1, -0.05) is 20.3 Å². The molecule has 0 saturated carbocycles. The van der Waals surface area contributed by atoms with Gasteiger partial charge in [-0.15, -0.1) is 0 Å². The summed E-state index contributed by atoms with van der Waals surface area (Å²) >= 11 is 0. The van der Waals surface area contributed by atoms with Gasteiger partial charge in [0, 0.05) is 12.7 Å². The summed E-state index contributed by atoms with van der Waals surface area (Å²) in [5, 5.41) is 13.6. The van der Waals surface area contributed by atoms with E-state index in [-0.39, 0.29) is 5.78 Å². The molecule has 4 nitrogen and oxygen atoms in total. The number of Topliss-reactive ketones (excluding diaryl/α,β-unsaturated/α-hetero) is 1. The lowest BCUT2D eigenvalue weighted by molar-refractivity contribution is 0.0729. The Morgan fingerprint density at radius 2 is 2.27 bits per heavy atom. The molecule has 84 valence electrons. The summed E-state index contributed by atoms with van der Waals surface area (Å²) in [4.78, 5) is 11.6. The number of hydrogen-bond donors (Lipinski definition) is 1. The van der Waals surface area contributed by atoms with Gasteiger partial charge in [-0.25, -0.2) is 0 Å². The normalized spacial score (nSPS) is 12.7. The lowest BCUT2D eigenvalue weighted by atomic mass is 10.1. The lowest BCUT2D eigenvalue weighted by Crippen LogP contribution is -2.19. The summed E-state index contributed by atoms with van der Waals surface area (Å²) in [6.07, 6.45) is 4.64. The van der Waals surface area contributed by atoms with Gasteiger partial charge < -0.3 is 5.11 Å². The molecule has 1 unspecified atom stereocenters. The van der Waals surface area contributed by atoms with Gasteiger partial charge in [-0.3, -0.25) is 9.48 Å². The Balaban J connectivity index is 2.65. The molecule has 0 saturated heterocycles. The quantitative estimate of drug-likeness (QED) is 0.726. The number of ketones is 1. The van der Waals surface area contributed by atoms with Gasteiger partial charge in [-0.05, 0) is 12.8 Å². The first-order valence-corrected chi connectivity index (χ1v) is 5.43. The molecule has 1 aromatic heterocycles. The van der Waals surface area contributed by atoms with Crippen LogP contribution in [0.15, 0.2) is 12.4 Å². The molecule has 1 N–H and O–H groups in total. The Labute approximate surface area is 89.9 Å². The van der Waals surface area contributed by atoms with Crippen LogP contribution in [0.3, 0.4) is 0 Å². The molecule has 0 aromatic carbocycles. The Kier molecular flexibility index (Phi) is 4.49. The van der Waals surface area contributed by atoms with Crippen molar-refractivity contribution in [3.05, 3.63) is 18.0 Å². The van der Waals surface area contributed by atoms with Gasteiger partial charge >= 0.3 is 0 Å². The third-order valence-corrected chi connectivity index (χ3v) is 2.24. The van der Waals surface area contributed by atoms with Gasteiger partial charge in [0.1, 0.15) is 6.10 Å². The molecule has 0 bridgehead atoms. The fourth-order valence-corrected chi connectivity index (χ4v) is 1.44. The van der Waals surface area contributed by atoms with Crippen molar-refractivity contribution in [2.45, 2.75) is 45.8 Å². The molecule has 0 fully saturated rings. The molecular formula is C11H18N2O2. The summed E-state index contributed by atoms with van der Waals surface area (Å²) < 4.78 is 1.73. The van der Waals surface area contributed by atoms with E-state index in [4.69, 9.17) is 0 Å². The number of hydrogen-bond acceptors (Lipinski definition) is 3. The summed E-state index contributed by atoms with van der Waals surface area (Å²) in [6.45, 7) is 4.79. The number of aliphatic hydroxyl groups excluding tert-OH is 1. The molecule has 1 aromatic rings. The maximum absolute atomic E-state index is 11.6. The van der Waals surface area contributed by atoms with Crippen LogP contribution in [-0.4, -0.2) is 26.8 Å². The molecule has 1 heterocycles. The number of aliphatic hydroxyl groups is 1. The van der Waals surface area contributed by atoms with Crippen LogP contribution in [0.1, 0.15) is 43.5 Å². The van der Waals surface area contributed by atoms with Crippen LogP contribution in [-0.2, 0) is 6.54 Å². The second-order valence-corrected chi connectivity index (χ2v) is 3.66. The number of carbonyl (C=O) groups is 1. The van der Waals surface area contributed by atoms with Crippen molar-refractivity contribution in [1.82, 2.24) is 9.78 Å². The van der Waals surface area contributed by atoms with Crippen LogP contribution in [0, 0.1) is 0 Å². The molecule has 1 atom stereocenters. The van der Waals surface area contributed by atoms with Crippen LogP contribution in [0.5, 0.6) is 0 Å². The van der Waals surface area contributed by atoms with Crippen molar-refractivity contribution < 1.29 is 9.90 Å². The molecule has 0 aliphatic rings. The van der Waals surface area contributed by atoms with Crippen LogP contribution in [0.25, 0.3) is 0 Å². The highest BCUT2D eigenvalue weighted by atomic mass is 16.3. The van der Waals surface area contributed by atoms with E-state index < -0.39 is 6.10 Å². The van der Waals surface area contributed by atoms with Gasteiger partial charge in [0.2, 0.25) is 0 Å². The average Bonchev–Trinajstić information content (AvgIpc) is 2.66. The van der Waals surface area contributed by atoms with Crippen LogP contribution in [0.4, 0.5) is 0 Å². The van der Waals surface area contributed by atoms with Gasteiger partial charge in [-0.2, -0.15) is 5.10 Å². The van der Waals surface area contributed by atoms with Crippen LogP contribution in [0.2, 0.25) is 0 Å². The van der Waals surface area contributed by atoms with E-state index >= 15 is 0 Å². The highest BCUT2D eigenvalue weighted by molar-refractivity contribution is 5.98. The molecule has 0 spiro atoms. The minimum atomic E-state index is -0.880. The van der Waals surface area contributed by atoms with Crippen molar-refractivity contribution in [2.24, 2.45) is 0 Å². The number of carbonyl (C=O) groups excluding carboxylic acids is 1. The molecular weight excluding hydrogens is 192 g/mol. The summed E-state index contributed by atoms with van der Waals surface area (Å²) in [7, 11) is 0. The molecule has 0 aliphatic carbocycles. The molecule has 4 heteroatoms. The fourth-order valence-electron chi connectivity index (χ4n) is 1.44. The number of nitrogens with zero attached hydrogens (tertiary/aromatic N) is 2. The number of aromatic nitrogens is 2. The number of rotatable bonds is 6. The Morgan fingerprint density at radius 3 is 2.87 bits per heavy atom. The Bertz CT molecular complexity index is 320. The molecule has 15 heavy (non-hydrogen) atoms. The molecule has 0 aliphatic heterocycles. The van der Waals surface area contributed by atoms with Crippen molar-refractivity contribution in [2.75, 3.05) is 0 Å². The first kappa shape index (κ1) is 11.9. The zero-order chi connectivity index (χ0) is 11.3. The largest absolute Gasteiger partial charge is 0.385 e. The zero-order valence-electron chi connectivity index (χ0n) is 9.31. The predicted octanol–water partition coefficient (Wildman–Crippen LogP) is 1.64. The third-order valence-electron chi connectivity index (χ3n) is 2.24. The predicted molar refractivity (Wildman–Crippen MR) is 57.8 cm³/mol. The maximum Gasteiger partial charge on any atom is 0.194 e. The molecule has 0 radical (unpaired) electrons. The summed E-state index contributed by atoms with van der Waals surface area (Å²) in [6, 6.07) is 0. The Hall–Kier alpha value is -1.16. The second-order valence-electron chi connectivity index (χ2n) is 3.66. The van der Waals surface area contributed by atoms with Crippen molar-refractivity contribution in [3.8, 4) is 0 Å². The van der Waals surface area contributed by atoms with E-state index in [2.05, 4.69) is 12.0 Å². The second kappa shape index (κ2) is 5.66. The fraction of sp³-hybridized carbons (Fsp3) is 0.636. The number of aryl methyl sites for hydroxylation is 1. The van der Waals surface area contributed by atoms with Crippen LogP contribution >= 0.6 is 0 Å². The van der Waals surface area contributed by atoms with Crippen molar-refractivity contribution >= 4 is 5.78 Å². The van der Waals surface area contributed by atoms with Gasteiger partial charge in [0.25, 0.3) is 0 Å². The molecule has 0 amide bonds. The topological polar surface area (TPSA) is 55.1 Å². The summed E-state index contributed by atoms with van der Waals surface area (Å²) in [5.41, 5.74) is 0.504. The van der Waals surface area contributed by atoms with E-state index in [1.165, 1.54) is 6.20 Å². The SMILES string of the molecule is CCCC(O)C(=O)c1cnn(CCC)c1. The van der Waals surface area contributed by atoms with E-state index in [9.17, 15) is 9.90 Å². The lowest BCUT2D eigenvalue weighted by Gasteiger charge is -2.05. The smallest absolute Gasteiger partial charge is 0.194 e. The highest BCUT2D eigenvalue weighted by Crippen LogP contribution is 2.07. The van der Waals surface area contributed by atoms with E-state index in [0.29, 0.717) is 12.0 Å². The van der Waals surface area contributed by atoms with Crippen molar-refractivity contribution in [1.29, 1.82) is 0 Å². The highest BCUT2D eigenvalue weighted by Gasteiger charge is 2.17. The average molecular weight is 210 g/mol.